The maximum absolute atomic E-state index is 11.8. The van der Waals surface area contributed by atoms with Crippen molar-refractivity contribution in [2.75, 3.05) is 5.32 Å². The number of alkyl halides is 3. The Labute approximate surface area is 82.3 Å². The van der Waals surface area contributed by atoms with Gasteiger partial charge in [-0.15, -0.1) is 13.2 Å². The van der Waals surface area contributed by atoms with E-state index in [1.165, 1.54) is 12.1 Å². The van der Waals surface area contributed by atoms with E-state index in [4.69, 9.17) is 5.11 Å². The molecule has 0 atom stereocenters. The largest absolute Gasteiger partial charge is 0.573 e. The molecular weight excluding hydrogens is 215 g/mol. The van der Waals surface area contributed by atoms with Crippen molar-refractivity contribution in [1.82, 2.24) is 0 Å². The van der Waals surface area contributed by atoms with Crippen LogP contribution >= 0.6 is 0 Å². The van der Waals surface area contributed by atoms with Crippen molar-refractivity contribution in [2.24, 2.45) is 0 Å². The molecule has 2 N–H and O–H groups in total. The van der Waals surface area contributed by atoms with Crippen LogP contribution in [0.25, 0.3) is 0 Å². The van der Waals surface area contributed by atoms with Gasteiger partial charge in [-0.2, -0.15) is 0 Å². The molecule has 15 heavy (non-hydrogen) atoms. The monoisotopic (exact) mass is 221 g/mol. The first-order valence-corrected chi connectivity index (χ1v) is 3.72. The number of rotatable bonds is 2. The molecule has 0 fully saturated rings. The Morgan fingerprint density at radius 1 is 1.40 bits per heavy atom. The van der Waals surface area contributed by atoms with Crippen LogP contribution in [-0.2, 0) is 0 Å². The van der Waals surface area contributed by atoms with Gasteiger partial charge in [0.15, 0.2) is 0 Å². The normalized spacial score (nSPS) is 10.9. The van der Waals surface area contributed by atoms with Crippen LogP contribution in [0.5, 0.6) is 5.75 Å². The summed E-state index contributed by atoms with van der Waals surface area (Å²) >= 11 is 0. The van der Waals surface area contributed by atoms with Gasteiger partial charge in [0.2, 0.25) is 0 Å². The molecule has 7 heteroatoms. The third kappa shape index (κ3) is 4.21. The van der Waals surface area contributed by atoms with Gasteiger partial charge in [0.25, 0.3) is 0 Å². The minimum absolute atomic E-state index is 0.00394. The lowest BCUT2D eigenvalue weighted by molar-refractivity contribution is -0.274. The molecule has 82 valence electrons. The van der Waals surface area contributed by atoms with Crippen molar-refractivity contribution >= 4 is 11.8 Å². The number of amides is 1. The lowest BCUT2D eigenvalue weighted by Gasteiger charge is -2.09. The topological polar surface area (TPSA) is 58.6 Å². The van der Waals surface area contributed by atoms with Crippen molar-refractivity contribution in [2.45, 2.75) is 6.36 Å². The minimum atomic E-state index is -4.79. The molecule has 4 nitrogen and oxygen atoms in total. The van der Waals surface area contributed by atoms with Crippen LogP contribution in [-0.4, -0.2) is 17.6 Å². The number of carboxylic acid groups (broad SMARTS) is 1. The fourth-order valence-electron chi connectivity index (χ4n) is 0.894. The van der Waals surface area contributed by atoms with Gasteiger partial charge in [0.05, 0.1) is 0 Å². The first-order valence-electron chi connectivity index (χ1n) is 3.72. The molecule has 0 aliphatic rings. The van der Waals surface area contributed by atoms with Crippen molar-refractivity contribution < 1.29 is 27.8 Å². The average Bonchev–Trinajstić information content (AvgIpc) is 1.99. The van der Waals surface area contributed by atoms with Gasteiger partial charge >= 0.3 is 12.5 Å². The summed E-state index contributed by atoms with van der Waals surface area (Å²) in [5, 5.41) is 10.2. The summed E-state index contributed by atoms with van der Waals surface area (Å²) in [4.78, 5) is 10.2. The van der Waals surface area contributed by atoms with E-state index in [9.17, 15) is 18.0 Å². The molecule has 0 radical (unpaired) electrons. The van der Waals surface area contributed by atoms with Gasteiger partial charge in [-0.1, -0.05) is 6.07 Å². The molecule has 0 bridgehead atoms. The van der Waals surface area contributed by atoms with Crippen LogP contribution < -0.4 is 10.1 Å². The lowest BCUT2D eigenvalue weighted by atomic mass is 10.3. The van der Waals surface area contributed by atoms with Crippen LogP contribution in [0, 0.1) is 0 Å². The number of nitrogens with one attached hydrogen (secondary N) is 1. The van der Waals surface area contributed by atoms with E-state index in [-0.39, 0.29) is 5.69 Å². The summed E-state index contributed by atoms with van der Waals surface area (Å²) in [6.45, 7) is 0. The molecular formula is C8H6F3NO3. The molecule has 0 aromatic heterocycles. The number of hydrogen-bond acceptors (Lipinski definition) is 2. The van der Waals surface area contributed by atoms with Gasteiger partial charge in [-0.05, 0) is 12.1 Å². The molecule has 0 heterocycles. The highest BCUT2D eigenvalue weighted by atomic mass is 19.4. The predicted octanol–water partition coefficient (Wildman–Crippen LogP) is 2.68. The Hall–Kier alpha value is -1.92. The smallest absolute Gasteiger partial charge is 0.465 e. The Morgan fingerprint density at radius 3 is 2.60 bits per heavy atom. The van der Waals surface area contributed by atoms with Gasteiger partial charge in [-0.25, -0.2) is 4.79 Å². The Balaban J connectivity index is 2.79. The van der Waals surface area contributed by atoms with E-state index >= 15 is 0 Å². The highest BCUT2D eigenvalue weighted by Gasteiger charge is 2.31. The van der Waals surface area contributed by atoms with Crippen LogP contribution in [0.4, 0.5) is 23.7 Å². The van der Waals surface area contributed by atoms with E-state index in [0.29, 0.717) is 0 Å². The number of hydrogen-bond donors (Lipinski definition) is 2. The standard InChI is InChI=1S/C8H6F3NO3/c9-8(10,11)15-6-3-1-2-5(4-6)12-7(13)14/h1-4,12H,(H,13,14). The Bertz CT molecular complexity index is 364. The average molecular weight is 221 g/mol. The number of carbonyl (C=O) groups is 1. The first-order chi connectivity index (χ1) is 6.87. The third-order valence-corrected chi connectivity index (χ3v) is 1.32. The minimum Gasteiger partial charge on any atom is -0.465 e. The second-order valence-electron chi connectivity index (χ2n) is 2.51. The lowest BCUT2D eigenvalue weighted by Crippen LogP contribution is -2.17. The maximum atomic E-state index is 11.8. The van der Waals surface area contributed by atoms with Crippen LogP contribution in [0.3, 0.4) is 0 Å². The van der Waals surface area contributed by atoms with Crippen molar-refractivity contribution in [3.05, 3.63) is 24.3 Å². The second kappa shape index (κ2) is 4.07. The number of benzene rings is 1. The van der Waals surface area contributed by atoms with Crippen LogP contribution in [0.2, 0.25) is 0 Å². The molecule has 0 aliphatic heterocycles. The number of anilines is 1. The van der Waals surface area contributed by atoms with E-state index in [0.717, 1.165) is 12.1 Å². The van der Waals surface area contributed by atoms with Gasteiger partial charge in [0.1, 0.15) is 5.75 Å². The fourth-order valence-corrected chi connectivity index (χ4v) is 0.894. The highest BCUT2D eigenvalue weighted by Crippen LogP contribution is 2.24. The summed E-state index contributed by atoms with van der Waals surface area (Å²) in [6.07, 6.45) is -6.15. The number of halogens is 3. The first kappa shape index (κ1) is 11.2. The summed E-state index contributed by atoms with van der Waals surface area (Å²) in [5.41, 5.74) is 0.00394. The summed E-state index contributed by atoms with van der Waals surface area (Å²) in [6, 6.07) is 4.55. The van der Waals surface area contributed by atoms with E-state index in [1.807, 2.05) is 5.32 Å². The summed E-state index contributed by atoms with van der Waals surface area (Å²) in [5.74, 6) is -0.478. The zero-order chi connectivity index (χ0) is 11.5. The van der Waals surface area contributed by atoms with E-state index < -0.39 is 18.2 Å². The highest BCUT2D eigenvalue weighted by molar-refractivity contribution is 5.83. The molecule has 1 aromatic rings. The van der Waals surface area contributed by atoms with E-state index in [1.54, 1.807) is 0 Å². The van der Waals surface area contributed by atoms with Gasteiger partial charge < -0.3 is 9.84 Å². The van der Waals surface area contributed by atoms with E-state index in [2.05, 4.69) is 4.74 Å². The molecule has 1 rings (SSSR count). The Kier molecular flexibility index (Phi) is 3.03. The van der Waals surface area contributed by atoms with Crippen molar-refractivity contribution in [1.29, 1.82) is 0 Å². The maximum Gasteiger partial charge on any atom is 0.573 e. The molecule has 0 saturated carbocycles. The molecule has 0 unspecified atom stereocenters. The zero-order valence-corrected chi connectivity index (χ0v) is 7.21. The zero-order valence-electron chi connectivity index (χ0n) is 7.21. The molecule has 0 aliphatic carbocycles. The molecule has 1 aromatic carbocycles. The molecule has 0 spiro atoms. The summed E-state index contributed by atoms with van der Waals surface area (Å²) < 4.78 is 38.9. The summed E-state index contributed by atoms with van der Waals surface area (Å²) in [7, 11) is 0. The van der Waals surface area contributed by atoms with Gasteiger partial charge in [-0.3, -0.25) is 5.32 Å². The Morgan fingerprint density at radius 2 is 2.07 bits per heavy atom. The van der Waals surface area contributed by atoms with Crippen molar-refractivity contribution in [3.8, 4) is 5.75 Å². The van der Waals surface area contributed by atoms with Crippen LogP contribution in [0.15, 0.2) is 24.3 Å². The third-order valence-electron chi connectivity index (χ3n) is 1.32. The quantitative estimate of drug-likeness (QED) is 0.807. The van der Waals surface area contributed by atoms with Crippen LogP contribution in [0.1, 0.15) is 0 Å². The molecule has 0 saturated heterocycles. The van der Waals surface area contributed by atoms with Gasteiger partial charge in [0, 0.05) is 11.8 Å². The molecule has 1 amide bonds. The second-order valence-corrected chi connectivity index (χ2v) is 2.51. The fraction of sp³-hybridized carbons (Fsp3) is 0.125. The number of ether oxygens (including phenoxy) is 1. The SMILES string of the molecule is O=C(O)Nc1cccc(OC(F)(F)F)c1. The predicted molar refractivity (Wildman–Crippen MR) is 44.8 cm³/mol. The van der Waals surface area contributed by atoms with Crippen molar-refractivity contribution in [3.63, 3.8) is 0 Å².